The summed E-state index contributed by atoms with van der Waals surface area (Å²) >= 11 is 5.14. The molecule has 42 heavy (non-hydrogen) atoms. The standard InChI is InChI=1S/3C10H11N3S/c1-13-7-10(11-12-13)14-8-9-5-3-2-4-6-9;1-13-10(7-11-12-13)14-8-9-5-3-2-4-6-9;1-13-11-7-10(12-13)14-8-9-5-3-2-4-6-9/h3*2-7H,8H2,1H3. The molecule has 216 valence electrons. The molecule has 0 aliphatic heterocycles. The molecule has 0 aliphatic rings. The Labute approximate surface area is 259 Å². The highest BCUT2D eigenvalue weighted by molar-refractivity contribution is 7.98. The van der Waals surface area contributed by atoms with Crippen LogP contribution in [0.25, 0.3) is 0 Å². The minimum Gasteiger partial charge on any atom is -0.254 e. The Bertz CT molecular complexity index is 1490. The second-order valence-corrected chi connectivity index (χ2v) is 11.9. The summed E-state index contributed by atoms with van der Waals surface area (Å²) in [6.45, 7) is 0. The van der Waals surface area contributed by atoms with E-state index in [4.69, 9.17) is 0 Å². The van der Waals surface area contributed by atoms with Crippen LogP contribution in [0.3, 0.4) is 0 Å². The van der Waals surface area contributed by atoms with Gasteiger partial charge in [-0.1, -0.05) is 125 Å². The van der Waals surface area contributed by atoms with Gasteiger partial charge >= 0.3 is 0 Å². The van der Waals surface area contributed by atoms with Crippen molar-refractivity contribution in [1.29, 1.82) is 0 Å². The number of hydrogen-bond donors (Lipinski definition) is 0. The molecule has 0 bridgehead atoms. The van der Waals surface area contributed by atoms with Gasteiger partial charge in [-0.2, -0.15) is 9.90 Å². The molecule has 0 N–H and O–H groups in total. The van der Waals surface area contributed by atoms with Gasteiger partial charge in [-0.15, -0.1) is 27.1 Å². The summed E-state index contributed by atoms with van der Waals surface area (Å²) in [5, 5.41) is 26.8. The van der Waals surface area contributed by atoms with Gasteiger partial charge in [-0.05, 0) is 16.7 Å². The van der Waals surface area contributed by atoms with Crippen LogP contribution in [0.5, 0.6) is 0 Å². The second kappa shape index (κ2) is 17.2. The van der Waals surface area contributed by atoms with Crippen molar-refractivity contribution in [3.05, 3.63) is 126 Å². The van der Waals surface area contributed by atoms with Crippen LogP contribution in [-0.4, -0.2) is 45.0 Å². The van der Waals surface area contributed by atoms with E-state index >= 15 is 0 Å². The molecule has 0 radical (unpaired) electrons. The fourth-order valence-corrected chi connectivity index (χ4v) is 5.88. The number of nitrogens with zero attached hydrogens (tertiary/aromatic N) is 9. The molecule has 0 saturated carbocycles. The molecule has 6 rings (SSSR count). The van der Waals surface area contributed by atoms with Crippen molar-refractivity contribution >= 4 is 35.3 Å². The predicted molar refractivity (Wildman–Crippen MR) is 171 cm³/mol. The van der Waals surface area contributed by atoms with Gasteiger partial charge in [0.1, 0.15) is 15.1 Å². The zero-order valence-corrected chi connectivity index (χ0v) is 26.2. The number of benzene rings is 3. The highest BCUT2D eigenvalue weighted by Gasteiger charge is 2.01. The summed E-state index contributed by atoms with van der Waals surface area (Å²) in [7, 11) is 5.60. The summed E-state index contributed by atoms with van der Waals surface area (Å²) in [5.74, 6) is 2.85. The third kappa shape index (κ3) is 11.2. The Hall–Kier alpha value is -3.87. The van der Waals surface area contributed by atoms with Crippen LogP contribution in [0.1, 0.15) is 16.7 Å². The average molecular weight is 616 g/mol. The summed E-state index contributed by atoms with van der Waals surface area (Å²) in [6.07, 6.45) is 5.49. The van der Waals surface area contributed by atoms with Gasteiger partial charge in [0.2, 0.25) is 0 Å². The number of thioether (sulfide) groups is 3. The molecular weight excluding hydrogens is 583 g/mol. The van der Waals surface area contributed by atoms with E-state index in [0.717, 1.165) is 32.3 Å². The van der Waals surface area contributed by atoms with E-state index < -0.39 is 0 Å². The average Bonchev–Trinajstić information content (AvgIpc) is 3.77. The molecule has 6 aromatic rings. The lowest BCUT2D eigenvalue weighted by Gasteiger charge is -2.00. The number of aryl methyl sites for hydroxylation is 3. The molecule has 3 aromatic heterocycles. The maximum absolute atomic E-state index is 4.19. The first-order valence-electron chi connectivity index (χ1n) is 13.1. The zero-order chi connectivity index (χ0) is 29.4. The Morgan fingerprint density at radius 1 is 0.595 bits per heavy atom. The molecule has 0 saturated heterocycles. The van der Waals surface area contributed by atoms with E-state index in [0.29, 0.717) is 0 Å². The van der Waals surface area contributed by atoms with Gasteiger partial charge in [0, 0.05) is 38.4 Å². The summed E-state index contributed by atoms with van der Waals surface area (Å²) in [4.78, 5) is 1.58. The van der Waals surface area contributed by atoms with Crippen molar-refractivity contribution in [2.45, 2.75) is 32.3 Å². The van der Waals surface area contributed by atoms with Gasteiger partial charge < -0.3 is 0 Å². The Balaban J connectivity index is 0.000000145. The fourth-order valence-electron chi connectivity index (χ4n) is 3.39. The molecule has 3 aromatic carbocycles. The smallest absolute Gasteiger partial charge is 0.139 e. The van der Waals surface area contributed by atoms with Crippen molar-refractivity contribution in [3.8, 4) is 0 Å². The van der Waals surface area contributed by atoms with E-state index in [-0.39, 0.29) is 0 Å². The van der Waals surface area contributed by atoms with E-state index in [2.05, 4.69) is 79.4 Å². The van der Waals surface area contributed by atoms with Gasteiger partial charge in [-0.3, -0.25) is 4.68 Å². The van der Waals surface area contributed by atoms with Crippen LogP contribution in [0.15, 0.2) is 125 Å². The molecule has 0 atom stereocenters. The Morgan fingerprint density at radius 3 is 1.55 bits per heavy atom. The first-order valence-corrected chi connectivity index (χ1v) is 16.1. The van der Waals surface area contributed by atoms with E-state index in [9.17, 15) is 0 Å². The molecule has 0 unspecified atom stereocenters. The van der Waals surface area contributed by atoms with Crippen molar-refractivity contribution in [1.82, 2.24) is 45.0 Å². The second-order valence-electron chi connectivity index (χ2n) is 8.92. The molecule has 12 heteroatoms. The molecule has 0 fully saturated rings. The number of rotatable bonds is 9. The summed E-state index contributed by atoms with van der Waals surface area (Å²) in [6, 6.07) is 31.1. The number of aromatic nitrogens is 9. The largest absolute Gasteiger partial charge is 0.254 e. The maximum Gasteiger partial charge on any atom is 0.139 e. The predicted octanol–water partition coefficient (Wildman–Crippen LogP) is 6.32. The van der Waals surface area contributed by atoms with Crippen LogP contribution < -0.4 is 0 Å². The van der Waals surface area contributed by atoms with Gasteiger partial charge in [0.25, 0.3) is 0 Å². The normalized spacial score (nSPS) is 10.4. The highest BCUT2D eigenvalue weighted by atomic mass is 32.2. The monoisotopic (exact) mass is 615 g/mol. The lowest BCUT2D eigenvalue weighted by molar-refractivity contribution is 0.641. The minimum absolute atomic E-state index is 0.944. The van der Waals surface area contributed by atoms with Crippen LogP contribution in [0.4, 0.5) is 0 Å². The van der Waals surface area contributed by atoms with Gasteiger partial charge in [-0.25, -0.2) is 4.68 Å². The van der Waals surface area contributed by atoms with E-state index in [1.807, 2.05) is 69.8 Å². The SMILES string of the molecule is Cn1cc(SCc2ccccc2)nn1.Cn1ncc(SCc2ccccc2)n1.Cn1nncc1SCc1ccccc1. The van der Waals surface area contributed by atoms with Gasteiger partial charge in [0.05, 0.1) is 18.6 Å². The van der Waals surface area contributed by atoms with Crippen LogP contribution in [0, 0.1) is 0 Å². The molecule has 9 nitrogen and oxygen atoms in total. The zero-order valence-electron chi connectivity index (χ0n) is 23.8. The van der Waals surface area contributed by atoms with Crippen LogP contribution in [-0.2, 0) is 38.4 Å². The fraction of sp³-hybridized carbons (Fsp3) is 0.200. The Morgan fingerprint density at radius 2 is 1.12 bits per heavy atom. The highest BCUT2D eigenvalue weighted by Crippen LogP contribution is 2.21. The third-order valence-corrected chi connectivity index (χ3v) is 8.59. The number of hydrogen-bond acceptors (Lipinski definition) is 9. The lowest BCUT2D eigenvalue weighted by atomic mass is 10.2. The molecular formula is C30H33N9S3. The van der Waals surface area contributed by atoms with Gasteiger partial charge in [0.15, 0.2) is 0 Å². The first-order chi connectivity index (χ1) is 20.5. The maximum atomic E-state index is 4.19. The molecule has 0 aliphatic carbocycles. The van der Waals surface area contributed by atoms with E-state index in [1.54, 1.807) is 61.8 Å². The van der Waals surface area contributed by atoms with Crippen molar-refractivity contribution in [3.63, 3.8) is 0 Å². The summed E-state index contributed by atoms with van der Waals surface area (Å²) in [5.41, 5.74) is 3.94. The first kappa shape index (κ1) is 31.1. The van der Waals surface area contributed by atoms with E-state index in [1.165, 1.54) is 16.7 Å². The molecule has 3 heterocycles. The Kier molecular flexibility index (Phi) is 12.7. The van der Waals surface area contributed by atoms with Crippen LogP contribution >= 0.6 is 35.3 Å². The van der Waals surface area contributed by atoms with Crippen molar-refractivity contribution < 1.29 is 0 Å². The molecule has 0 amide bonds. The third-order valence-electron chi connectivity index (χ3n) is 5.52. The minimum atomic E-state index is 0.944. The topological polar surface area (TPSA) is 92.1 Å². The lowest BCUT2D eigenvalue weighted by Crippen LogP contribution is -1.92. The molecule has 0 spiro atoms. The quantitative estimate of drug-likeness (QED) is 0.173. The summed E-state index contributed by atoms with van der Waals surface area (Å²) < 4.78 is 3.50. The van der Waals surface area contributed by atoms with Crippen LogP contribution in [0.2, 0.25) is 0 Å². The van der Waals surface area contributed by atoms with Crippen molar-refractivity contribution in [2.75, 3.05) is 0 Å². The van der Waals surface area contributed by atoms with Crippen molar-refractivity contribution in [2.24, 2.45) is 21.1 Å².